The average molecular weight is 302 g/mol. The molecule has 5 heteroatoms. The first-order valence-electron chi connectivity index (χ1n) is 6.85. The molecule has 2 aromatic rings. The van der Waals surface area contributed by atoms with E-state index in [0.717, 1.165) is 10.6 Å². The largest absolute Gasteiger partial charge is 0.347 e. The number of carbonyl (C=O) groups is 2. The van der Waals surface area contributed by atoms with Gasteiger partial charge in [0, 0.05) is 17.1 Å². The lowest BCUT2D eigenvalue weighted by Crippen LogP contribution is -2.40. The summed E-state index contributed by atoms with van der Waals surface area (Å²) >= 11 is 1.54. The SMILES string of the molecule is CCN(C(=O)CNC(=O)Cc1cccs1)c1ccccc1. The number of hydrogen-bond donors (Lipinski definition) is 1. The van der Waals surface area contributed by atoms with Crippen LogP contribution in [0.5, 0.6) is 0 Å². The quantitative estimate of drug-likeness (QED) is 0.891. The van der Waals surface area contributed by atoms with E-state index in [1.165, 1.54) is 11.3 Å². The number of rotatable bonds is 6. The highest BCUT2D eigenvalue weighted by Gasteiger charge is 2.14. The van der Waals surface area contributed by atoms with E-state index < -0.39 is 0 Å². The van der Waals surface area contributed by atoms with Gasteiger partial charge in [-0.05, 0) is 30.5 Å². The Morgan fingerprint density at radius 2 is 1.90 bits per heavy atom. The lowest BCUT2D eigenvalue weighted by molar-refractivity contribution is -0.124. The molecule has 0 atom stereocenters. The van der Waals surface area contributed by atoms with Gasteiger partial charge in [0.25, 0.3) is 0 Å². The Bertz CT molecular complexity index is 582. The molecule has 0 saturated carbocycles. The van der Waals surface area contributed by atoms with E-state index in [4.69, 9.17) is 0 Å². The molecule has 1 aromatic heterocycles. The second kappa shape index (κ2) is 7.59. The van der Waals surface area contributed by atoms with Crippen LogP contribution in [0, 0.1) is 0 Å². The van der Waals surface area contributed by atoms with E-state index in [9.17, 15) is 9.59 Å². The minimum absolute atomic E-state index is 0.0208. The molecule has 0 aliphatic carbocycles. The van der Waals surface area contributed by atoms with Gasteiger partial charge in [-0.2, -0.15) is 0 Å². The first-order chi connectivity index (χ1) is 10.2. The van der Waals surface area contributed by atoms with Crippen molar-refractivity contribution in [2.75, 3.05) is 18.0 Å². The molecule has 1 aromatic carbocycles. The van der Waals surface area contributed by atoms with E-state index >= 15 is 0 Å². The molecule has 1 N–H and O–H groups in total. The lowest BCUT2D eigenvalue weighted by atomic mass is 10.2. The summed E-state index contributed by atoms with van der Waals surface area (Å²) in [6.07, 6.45) is 0.322. The zero-order valence-electron chi connectivity index (χ0n) is 11.9. The van der Waals surface area contributed by atoms with E-state index in [1.54, 1.807) is 4.90 Å². The highest BCUT2D eigenvalue weighted by molar-refractivity contribution is 7.10. The fourth-order valence-corrected chi connectivity index (χ4v) is 2.72. The minimum Gasteiger partial charge on any atom is -0.347 e. The molecule has 1 heterocycles. The molecule has 0 aliphatic rings. The van der Waals surface area contributed by atoms with Crippen LogP contribution in [0.2, 0.25) is 0 Å². The zero-order valence-corrected chi connectivity index (χ0v) is 12.7. The van der Waals surface area contributed by atoms with E-state index in [0.29, 0.717) is 13.0 Å². The second-order valence-electron chi connectivity index (χ2n) is 4.51. The number of para-hydroxylation sites is 1. The maximum absolute atomic E-state index is 12.2. The lowest BCUT2D eigenvalue weighted by Gasteiger charge is -2.21. The maximum atomic E-state index is 12.2. The summed E-state index contributed by atoms with van der Waals surface area (Å²) in [5, 5.41) is 4.61. The Labute approximate surface area is 128 Å². The van der Waals surface area contributed by atoms with E-state index in [2.05, 4.69) is 5.32 Å². The Balaban J connectivity index is 1.87. The standard InChI is InChI=1S/C16H18N2O2S/c1-2-18(13-7-4-3-5-8-13)16(20)12-17-15(19)11-14-9-6-10-21-14/h3-10H,2,11-12H2,1H3,(H,17,19). The monoisotopic (exact) mass is 302 g/mol. The first-order valence-corrected chi connectivity index (χ1v) is 7.73. The molecule has 0 spiro atoms. The molecular weight excluding hydrogens is 284 g/mol. The summed E-state index contributed by atoms with van der Waals surface area (Å²) in [6.45, 7) is 2.51. The predicted octanol–water partition coefficient (Wildman–Crippen LogP) is 2.46. The van der Waals surface area contributed by atoms with Gasteiger partial charge in [0.1, 0.15) is 0 Å². The molecule has 0 saturated heterocycles. The van der Waals surface area contributed by atoms with Crippen LogP contribution in [0.25, 0.3) is 0 Å². The van der Waals surface area contributed by atoms with Gasteiger partial charge in [-0.25, -0.2) is 0 Å². The molecule has 21 heavy (non-hydrogen) atoms. The molecular formula is C16H18N2O2S. The minimum atomic E-state index is -0.130. The molecule has 2 amide bonds. The van der Waals surface area contributed by atoms with E-state index in [1.807, 2.05) is 54.8 Å². The third-order valence-electron chi connectivity index (χ3n) is 3.04. The highest BCUT2D eigenvalue weighted by Crippen LogP contribution is 2.13. The van der Waals surface area contributed by atoms with Crippen LogP contribution in [-0.2, 0) is 16.0 Å². The molecule has 2 rings (SSSR count). The van der Waals surface area contributed by atoms with Crippen LogP contribution in [0.4, 0.5) is 5.69 Å². The number of nitrogens with one attached hydrogen (secondary N) is 1. The van der Waals surface area contributed by atoms with Crippen LogP contribution < -0.4 is 10.2 Å². The van der Waals surface area contributed by atoms with Crippen molar-refractivity contribution >= 4 is 28.8 Å². The van der Waals surface area contributed by atoms with Crippen LogP contribution in [0.15, 0.2) is 47.8 Å². The van der Waals surface area contributed by atoms with Gasteiger partial charge in [-0.15, -0.1) is 11.3 Å². The fraction of sp³-hybridized carbons (Fsp3) is 0.250. The van der Waals surface area contributed by atoms with Gasteiger partial charge < -0.3 is 10.2 Å². The first kappa shape index (κ1) is 15.3. The molecule has 0 bridgehead atoms. The van der Waals surface area contributed by atoms with Crippen LogP contribution in [0.1, 0.15) is 11.8 Å². The summed E-state index contributed by atoms with van der Waals surface area (Å²) in [5.74, 6) is -0.238. The summed E-state index contributed by atoms with van der Waals surface area (Å²) < 4.78 is 0. The Kier molecular flexibility index (Phi) is 5.51. The van der Waals surface area contributed by atoms with Crippen LogP contribution in [-0.4, -0.2) is 24.9 Å². The number of amides is 2. The topological polar surface area (TPSA) is 49.4 Å². The average Bonchev–Trinajstić information content (AvgIpc) is 3.00. The summed E-state index contributed by atoms with van der Waals surface area (Å²) in [5.41, 5.74) is 0.845. The smallest absolute Gasteiger partial charge is 0.246 e. The molecule has 4 nitrogen and oxygen atoms in total. The Hall–Kier alpha value is -2.14. The van der Waals surface area contributed by atoms with Crippen LogP contribution >= 0.6 is 11.3 Å². The molecule has 110 valence electrons. The summed E-state index contributed by atoms with van der Waals surface area (Å²) in [4.78, 5) is 26.6. The summed E-state index contributed by atoms with van der Waals surface area (Å²) in [6, 6.07) is 13.3. The molecule has 0 fully saturated rings. The maximum Gasteiger partial charge on any atom is 0.246 e. The number of hydrogen-bond acceptors (Lipinski definition) is 3. The Morgan fingerprint density at radius 1 is 1.14 bits per heavy atom. The van der Waals surface area contributed by atoms with Crippen molar-refractivity contribution < 1.29 is 9.59 Å². The normalized spacial score (nSPS) is 10.1. The molecule has 0 unspecified atom stereocenters. The number of thiophene rings is 1. The van der Waals surface area contributed by atoms with Crippen molar-refractivity contribution in [2.45, 2.75) is 13.3 Å². The fourth-order valence-electron chi connectivity index (χ4n) is 2.01. The van der Waals surface area contributed by atoms with Gasteiger partial charge in [0.15, 0.2) is 0 Å². The van der Waals surface area contributed by atoms with Crippen molar-refractivity contribution in [1.82, 2.24) is 5.32 Å². The summed E-state index contributed by atoms with van der Waals surface area (Å²) in [7, 11) is 0. The van der Waals surface area contributed by atoms with Crippen molar-refractivity contribution in [3.05, 3.63) is 52.7 Å². The van der Waals surface area contributed by atoms with Gasteiger partial charge in [-0.3, -0.25) is 9.59 Å². The molecule has 0 radical (unpaired) electrons. The predicted molar refractivity (Wildman–Crippen MR) is 85.5 cm³/mol. The van der Waals surface area contributed by atoms with Crippen LogP contribution in [0.3, 0.4) is 0 Å². The number of likely N-dealkylation sites (N-methyl/N-ethyl adjacent to an activating group) is 1. The van der Waals surface area contributed by atoms with Gasteiger partial charge >= 0.3 is 0 Å². The van der Waals surface area contributed by atoms with Crippen molar-refractivity contribution in [2.24, 2.45) is 0 Å². The van der Waals surface area contributed by atoms with Gasteiger partial charge in [-0.1, -0.05) is 24.3 Å². The highest BCUT2D eigenvalue weighted by atomic mass is 32.1. The van der Waals surface area contributed by atoms with Crippen molar-refractivity contribution in [3.63, 3.8) is 0 Å². The number of benzene rings is 1. The molecule has 0 aliphatic heterocycles. The Morgan fingerprint density at radius 3 is 2.52 bits per heavy atom. The third kappa shape index (κ3) is 4.43. The number of anilines is 1. The second-order valence-corrected chi connectivity index (χ2v) is 5.54. The number of carbonyl (C=O) groups excluding carboxylic acids is 2. The van der Waals surface area contributed by atoms with Gasteiger partial charge in [0.05, 0.1) is 13.0 Å². The van der Waals surface area contributed by atoms with Gasteiger partial charge in [0.2, 0.25) is 11.8 Å². The van der Waals surface area contributed by atoms with Crippen molar-refractivity contribution in [3.8, 4) is 0 Å². The third-order valence-corrected chi connectivity index (χ3v) is 3.91. The number of nitrogens with zero attached hydrogens (tertiary/aromatic N) is 1. The van der Waals surface area contributed by atoms with E-state index in [-0.39, 0.29) is 18.4 Å². The zero-order chi connectivity index (χ0) is 15.1. The van der Waals surface area contributed by atoms with Crippen molar-refractivity contribution in [1.29, 1.82) is 0 Å².